The van der Waals surface area contributed by atoms with Gasteiger partial charge >= 0.3 is 0 Å². The lowest BCUT2D eigenvalue weighted by molar-refractivity contribution is 0.595. The normalized spacial score (nSPS) is 11.5. The monoisotopic (exact) mass is 307 g/mol. The third-order valence-electron chi connectivity index (χ3n) is 3.16. The van der Waals surface area contributed by atoms with Crippen LogP contribution in [-0.4, -0.2) is 30.7 Å². The minimum absolute atomic E-state index is 0.197. The molecule has 1 aromatic heterocycles. The van der Waals surface area contributed by atoms with Gasteiger partial charge in [-0.05, 0) is 37.1 Å². The molecule has 0 amide bonds. The zero-order valence-electron chi connectivity index (χ0n) is 12.2. The maximum Gasteiger partial charge on any atom is 0.178 e. The van der Waals surface area contributed by atoms with Gasteiger partial charge in [-0.15, -0.1) is 0 Å². The summed E-state index contributed by atoms with van der Waals surface area (Å²) in [5, 5.41) is 3.28. The number of anilines is 1. The number of benzene rings is 1. The Labute approximate surface area is 125 Å². The highest BCUT2D eigenvalue weighted by molar-refractivity contribution is 7.91. The van der Waals surface area contributed by atoms with Crippen LogP contribution in [0.1, 0.15) is 25.6 Å². The van der Waals surface area contributed by atoms with Crippen LogP contribution in [0.15, 0.2) is 41.6 Å². The molecule has 0 atom stereocenters. The number of aryl methyl sites for hydroxylation is 1. The summed E-state index contributed by atoms with van der Waals surface area (Å²) in [6.07, 6.45) is 6.05. The van der Waals surface area contributed by atoms with Crippen molar-refractivity contribution in [2.24, 2.45) is 0 Å². The molecular formula is C15H21N3O2S. The Bertz CT molecular complexity index is 634. The predicted molar refractivity (Wildman–Crippen MR) is 84.2 cm³/mol. The van der Waals surface area contributed by atoms with E-state index in [2.05, 4.69) is 15.3 Å². The molecule has 0 saturated heterocycles. The van der Waals surface area contributed by atoms with Crippen molar-refractivity contribution in [1.29, 1.82) is 0 Å². The topological polar surface area (TPSA) is 74.8 Å². The van der Waals surface area contributed by atoms with Crippen molar-refractivity contribution >= 4 is 15.5 Å². The van der Waals surface area contributed by atoms with Crippen LogP contribution in [0.3, 0.4) is 0 Å². The van der Waals surface area contributed by atoms with E-state index < -0.39 is 9.84 Å². The van der Waals surface area contributed by atoms with Crippen LogP contribution in [-0.2, 0) is 16.3 Å². The number of sulfone groups is 1. The second-order valence-electron chi connectivity index (χ2n) is 4.91. The van der Waals surface area contributed by atoms with Crippen LogP contribution in [0.5, 0.6) is 0 Å². The van der Waals surface area contributed by atoms with Gasteiger partial charge < -0.3 is 10.3 Å². The van der Waals surface area contributed by atoms with Crippen molar-refractivity contribution in [3.63, 3.8) is 0 Å². The van der Waals surface area contributed by atoms with Crippen LogP contribution in [0.25, 0.3) is 0 Å². The number of hydrogen-bond donors (Lipinski definition) is 2. The summed E-state index contributed by atoms with van der Waals surface area (Å²) in [7, 11) is -3.12. The number of aromatic amines is 1. The largest absolute Gasteiger partial charge is 0.385 e. The molecule has 0 aliphatic carbocycles. The van der Waals surface area contributed by atoms with Gasteiger partial charge in [-0.3, -0.25) is 0 Å². The summed E-state index contributed by atoms with van der Waals surface area (Å²) >= 11 is 0. The van der Waals surface area contributed by atoms with E-state index in [9.17, 15) is 8.42 Å². The van der Waals surface area contributed by atoms with Crippen molar-refractivity contribution in [3.8, 4) is 0 Å². The van der Waals surface area contributed by atoms with E-state index in [-0.39, 0.29) is 5.75 Å². The summed E-state index contributed by atoms with van der Waals surface area (Å²) in [5.41, 5.74) is 0.935. The van der Waals surface area contributed by atoms with Crippen molar-refractivity contribution in [2.45, 2.75) is 31.1 Å². The minimum atomic E-state index is -3.12. The summed E-state index contributed by atoms with van der Waals surface area (Å²) in [4.78, 5) is 7.63. The van der Waals surface area contributed by atoms with E-state index in [1.807, 2.05) is 25.3 Å². The standard InChI is InChI=1S/C15H21N3O2S/c1-2-12-21(19,20)14-7-5-13(6-8-14)16-9-3-4-15-17-10-11-18-15/h5-8,10-11,16H,2-4,9,12H2,1H3,(H,17,18). The van der Waals surface area contributed by atoms with Gasteiger partial charge in [-0.25, -0.2) is 13.4 Å². The van der Waals surface area contributed by atoms with Gasteiger partial charge in [0.25, 0.3) is 0 Å². The number of hydrogen-bond acceptors (Lipinski definition) is 4. The number of rotatable bonds is 8. The van der Waals surface area contributed by atoms with Crippen LogP contribution in [0, 0.1) is 0 Å². The lowest BCUT2D eigenvalue weighted by Crippen LogP contribution is -2.07. The van der Waals surface area contributed by atoms with Gasteiger partial charge in [0, 0.05) is 31.0 Å². The molecule has 0 saturated carbocycles. The van der Waals surface area contributed by atoms with Crippen LogP contribution < -0.4 is 5.32 Å². The second-order valence-corrected chi connectivity index (χ2v) is 7.02. The highest BCUT2D eigenvalue weighted by Gasteiger charge is 2.12. The zero-order valence-corrected chi connectivity index (χ0v) is 13.0. The molecule has 5 nitrogen and oxygen atoms in total. The molecule has 0 aliphatic rings. The molecule has 2 rings (SSSR count). The highest BCUT2D eigenvalue weighted by Crippen LogP contribution is 2.16. The van der Waals surface area contributed by atoms with Crippen LogP contribution >= 0.6 is 0 Å². The molecule has 2 N–H and O–H groups in total. The van der Waals surface area contributed by atoms with E-state index in [0.717, 1.165) is 30.9 Å². The first-order valence-electron chi connectivity index (χ1n) is 7.17. The van der Waals surface area contributed by atoms with Gasteiger partial charge in [-0.1, -0.05) is 6.92 Å². The summed E-state index contributed by atoms with van der Waals surface area (Å²) in [6.45, 7) is 2.69. The Morgan fingerprint density at radius 1 is 1.24 bits per heavy atom. The molecule has 0 spiro atoms. The lowest BCUT2D eigenvalue weighted by Gasteiger charge is -2.07. The van der Waals surface area contributed by atoms with E-state index in [4.69, 9.17) is 0 Å². The lowest BCUT2D eigenvalue weighted by atomic mass is 10.2. The molecule has 0 fully saturated rings. The maximum atomic E-state index is 11.9. The molecule has 0 bridgehead atoms. The molecule has 2 aromatic rings. The van der Waals surface area contributed by atoms with Gasteiger partial charge in [-0.2, -0.15) is 0 Å². The van der Waals surface area contributed by atoms with E-state index in [1.54, 1.807) is 18.3 Å². The van der Waals surface area contributed by atoms with Crippen molar-refractivity contribution in [3.05, 3.63) is 42.5 Å². The molecule has 6 heteroatoms. The zero-order chi connectivity index (χ0) is 15.1. The fraction of sp³-hybridized carbons (Fsp3) is 0.400. The fourth-order valence-electron chi connectivity index (χ4n) is 2.09. The van der Waals surface area contributed by atoms with Crippen LogP contribution in [0.2, 0.25) is 0 Å². The fourth-order valence-corrected chi connectivity index (χ4v) is 3.41. The quantitative estimate of drug-likeness (QED) is 0.735. The van der Waals surface area contributed by atoms with Gasteiger partial charge in [0.05, 0.1) is 10.6 Å². The van der Waals surface area contributed by atoms with Crippen LogP contribution in [0.4, 0.5) is 5.69 Å². The Hall–Kier alpha value is -1.82. The molecule has 0 unspecified atom stereocenters. The summed E-state index contributed by atoms with van der Waals surface area (Å²) in [5.74, 6) is 1.18. The van der Waals surface area contributed by atoms with E-state index in [0.29, 0.717) is 11.3 Å². The Morgan fingerprint density at radius 2 is 2.00 bits per heavy atom. The average molecular weight is 307 g/mol. The molecule has 0 aliphatic heterocycles. The summed E-state index contributed by atoms with van der Waals surface area (Å²) in [6, 6.07) is 6.96. The predicted octanol–water partition coefficient (Wildman–Crippen LogP) is 2.64. The molecule has 1 aromatic carbocycles. The van der Waals surface area contributed by atoms with Gasteiger partial charge in [0.1, 0.15) is 5.82 Å². The summed E-state index contributed by atoms with van der Waals surface area (Å²) < 4.78 is 23.8. The number of nitrogens with one attached hydrogen (secondary N) is 2. The first-order chi connectivity index (χ1) is 10.1. The van der Waals surface area contributed by atoms with Crippen molar-refractivity contribution in [1.82, 2.24) is 9.97 Å². The number of nitrogens with zero attached hydrogens (tertiary/aromatic N) is 1. The third kappa shape index (κ3) is 4.60. The SMILES string of the molecule is CCCS(=O)(=O)c1ccc(NCCCc2ncc[nH]2)cc1. The molecule has 21 heavy (non-hydrogen) atoms. The van der Waals surface area contributed by atoms with Gasteiger partial charge in [0.2, 0.25) is 0 Å². The molecule has 1 heterocycles. The number of imidazole rings is 1. The second kappa shape index (κ2) is 7.26. The smallest absolute Gasteiger partial charge is 0.178 e. The average Bonchev–Trinajstić information content (AvgIpc) is 2.97. The first-order valence-corrected chi connectivity index (χ1v) is 8.82. The highest BCUT2D eigenvalue weighted by atomic mass is 32.2. The van der Waals surface area contributed by atoms with E-state index >= 15 is 0 Å². The van der Waals surface area contributed by atoms with Crippen molar-refractivity contribution in [2.75, 3.05) is 17.6 Å². The molecular weight excluding hydrogens is 286 g/mol. The molecule has 0 radical (unpaired) electrons. The van der Waals surface area contributed by atoms with E-state index in [1.165, 1.54) is 0 Å². The number of aromatic nitrogens is 2. The first kappa shape index (κ1) is 15.6. The Morgan fingerprint density at radius 3 is 2.62 bits per heavy atom. The Balaban J connectivity index is 1.82. The maximum absolute atomic E-state index is 11.9. The molecule has 114 valence electrons. The Kier molecular flexibility index (Phi) is 5.38. The minimum Gasteiger partial charge on any atom is -0.385 e. The van der Waals surface area contributed by atoms with Crippen molar-refractivity contribution < 1.29 is 8.42 Å². The van der Waals surface area contributed by atoms with Gasteiger partial charge in [0.15, 0.2) is 9.84 Å². The number of H-pyrrole nitrogens is 1. The third-order valence-corrected chi connectivity index (χ3v) is 5.10.